The zero-order valence-corrected chi connectivity index (χ0v) is 15.8. The Labute approximate surface area is 164 Å². The van der Waals surface area contributed by atoms with E-state index in [1.807, 2.05) is 25.1 Å². The number of aromatic nitrogens is 2. The molecule has 0 unspecified atom stereocenters. The fraction of sp³-hybridized carbons (Fsp3) is 0.0500. The van der Waals surface area contributed by atoms with Gasteiger partial charge in [-0.2, -0.15) is 0 Å². The lowest BCUT2D eigenvalue weighted by Crippen LogP contribution is -2.16. The number of allylic oxidation sites excluding steroid dienone is 1. The summed E-state index contributed by atoms with van der Waals surface area (Å²) in [6, 6.07) is 12.7. The first-order valence-electron chi connectivity index (χ1n) is 8.15. The maximum Gasteiger partial charge on any atom is 0.262 e. The van der Waals surface area contributed by atoms with Crippen molar-refractivity contribution in [2.45, 2.75) is 6.92 Å². The molecule has 0 saturated heterocycles. The largest absolute Gasteiger partial charge is 0.494 e. The number of aromatic hydroxyl groups is 1. The molecule has 3 aromatic rings. The Kier molecular flexibility index (Phi) is 4.30. The minimum Gasteiger partial charge on any atom is -0.494 e. The Morgan fingerprint density at radius 1 is 1.22 bits per heavy atom. The molecule has 0 fully saturated rings. The fourth-order valence-electron chi connectivity index (χ4n) is 2.97. The third kappa shape index (κ3) is 3.13. The number of H-pyrrole nitrogens is 1. The number of halogens is 1. The maximum atomic E-state index is 12.4. The van der Waals surface area contributed by atoms with Crippen molar-refractivity contribution >= 4 is 47.4 Å². The van der Waals surface area contributed by atoms with Crippen LogP contribution in [0.3, 0.4) is 0 Å². The number of fused-ring (bicyclic) bond motifs is 1. The van der Waals surface area contributed by atoms with E-state index in [2.05, 4.69) is 9.98 Å². The first-order chi connectivity index (χ1) is 12.9. The van der Waals surface area contributed by atoms with Gasteiger partial charge < -0.3 is 5.11 Å². The van der Waals surface area contributed by atoms with Crippen molar-refractivity contribution < 1.29 is 5.11 Å². The summed E-state index contributed by atoms with van der Waals surface area (Å²) in [7, 11) is 0. The van der Waals surface area contributed by atoms with Gasteiger partial charge in [0.1, 0.15) is 5.56 Å². The van der Waals surface area contributed by atoms with E-state index in [1.165, 1.54) is 4.57 Å². The van der Waals surface area contributed by atoms with Crippen LogP contribution in [0, 0.1) is 11.7 Å². The van der Waals surface area contributed by atoms with E-state index in [9.17, 15) is 9.90 Å². The molecule has 0 amide bonds. The van der Waals surface area contributed by atoms with Crippen molar-refractivity contribution in [2.24, 2.45) is 4.99 Å². The van der Waals surface area contributed by atoms with Gasteiger partial charge >= 0.3 is 0 Å². The summed E-state index contributed by atoms with van der Waals surface area (Å²) in [6.45, 7) is 1.99. The summed E-state index contributed by atoms with van der Waals surface area (Å²) in [5, 5.41) is 11.3. The Hall–Kier alpha value is -2.96. The lowest BCUT2D eigenvalue weighted by molar-refractivity contribution is 0.432. The number of hydrogen-bond donors (Lipinski definition) is 2. The van der Waals surface area contributed by atoms with Gasteiger partial charge in [0.15, 0.2) is 4.77 Å². The Morgan fingerprint density at radius 3 is 2.70 bits per heavy atom. The highest BCUT2D eigenvalue weighted by molar-refractivity contribution is 7.71. The van der Waals surface area contributed by atoms with Crippen LogP contribution in [0.5, 0.6) is 5.88 Å². The second-order valence-electron chi connectivity index (χ2n) is 6.19. The average molecular weight is 396 g/mol. The van der Waals surface area contributed by atoms with Crippen LogP contribution in [-0.2, 0) is 0 Å². The standard InChI is InChI=1S/C20H14ClN3O2S/c1-11-2-7-15-12(10-22-17(15)8-11)9-16-18(25)23-20(27)24(19(16)26)14-5-3-13(21)4-6-14/h2-10,26H,1H3,(H,23,25,27). The van der Waals surface area contributed by atoms with Gasteiger partial charge in [0.25, 0.3) is 5.56 Å². The monoisotopic (exact) mass is 395 g/mol. The lowest BCUT2D eigenvalue weighted by Gasteiger charge is -2.12. The number of rotatable bonds is 2. The Balaban J connectivity index is 1.90. The highest BCUT2D eigenvalue weighted by Gasteiger charge is 2.17. The molecular formula is C20H14ClN3O2S. The van der Waals surface area contributed by atoms with Gasteiger partial charge in [-0.05, 0) is 61.1 Å². The van der Waals surface area contributed by atoms with E-state index in [0.717, 1.165) is 22.4 Å². The van der Waals surface area contributed by atoms with Crippen molar-refractivity contribution in [3.8, 4) is 11.6 Å². The molecule has 0 spiro atoms. The number of benzene rings is 2. The van der Waals surface area contributed by atoms with Gasteiger partial charge in [-0.1, -0.05) is 23.7 Å². The second-order valence-corrected chi connectivity index (χ2v) is 7.01. The van der Waals surface area contributed by atoms with Crippen LogP contribution in [0.2, 0.25) is 5.02 Å². The van der Waals surface area contributed by atoms with Crippen molar-refractivity contribution in [3.63, 3.8) is 0 Å². The van der Waals surface area contributed by atoms with Crippen LogP contribution in [0.15, 0.2) is 52.3 Å². The maximum absolute atomic E-state index is 12.4. The number of aliphatic imine (C=N–C) groups is 1. The smallest absolute Gasteiger partial charge is 0.262 e. The van der Waals surface area contributed by atoms with E-state index in [4.69, 9.17) is 23.8 Å². The second kappa shape index (κ2) is 6.64. The molecule has 7 heteroatoms. The lowest BCUT2D eigenvalue weighted by atomic mass is 10.0. The molecule has 0 bridgehead atoms. The first kappa shape index (κ1) is 17.5. The first-order valence-corrected chi connectivity index (χ1v) is 8.94. The van der Waals surface area contributed by atoms with Crippen LogP contribution in [-0.4, -0.2) is 20.9 Å². The molecule has 0 aliphatic carbocycles. The average Bonchev–Trinajstić information content (AvgIpc) is 3.02. The number of aromatic amines is 1. The zero-order chi connectivity index (χ0) is 19.1. The molecule has 134 valence electrons. The number of hydrogen-bond acceptors (Lipinski definition) is 4. The van der Waals surface area contributed by atoms with Crippen molar-refractivity contribution in [1.29, 1.82) is 0 Å². The molecule has 2 heterocycles. The summed E-state index contributed by atoms with van der Waals surface area (Å²) in [4.78, 5) is 19.4. The molecule has 27 heavy (non-hydrogen) atoms. The number of nitrogens with one attached hydrogen (secondary N) is 1. The van der Waals surface area contributed by atoms with Crippen LogP contribution in [0.25, 0.3) is 17.3 Å². The molecule has 0 saturated carbocycles. The van der Waals surface area contributed by atoms with Crippen molar-refractivity contribution in [1.82, 2.24) is 9.55 Å². The summed E-state index contributed by atoms with van der Waals surface area (Å²) >= 11 is 11.2. The van der Waals surface area contributed by atoms with Gasteiger partial charge in [-0.15, -0.1) is 0 Å². The zero-order valence-electron chi connectivity index (χ0n) is 14.2. The molecule has 5 nitrogen and oxygen atoms in total. The van der Waals surface area contributed by atoms with E-state index in [1.54, 1.807) is 36.6 Å². The predicted octanol–water partition coefficient (Wildman–Crippen LogP) is 4.82. The summed E-state index contributed by atoms with van der Waals surface area (Å²) in [5.74, 6) is -0.243. The summed E-state index contributed by atoms with van der Waals surface area (Å²) in [5.41, 5.74) is 3.81. The van der Waals surface area contributed by atoms with Gasteiger partial charge in [0.05, 0.1) is 11.4 Å². The molecule has 1 aliphatic rings. The minimum atomic E-state index is -0.468. The summed E-state index contributed by atoms with van der Waals surface area (Å²) < 4.78 is 1.49. The molecule has 2 N–H and O–H groups in total. The van der Waals surface area contributed by atoms with Gasteiger partial charge in [-0.3, -0.25) is 19.3 Å². The minimum absolute atomic E-state index is 0.0955. The molecule has 4 rings (SSSR count). The number of aryl methyl sites for hydroxylation is 1. The molecule has 2 aromatic carbocycles. The fourth-order valence-corrected chi connectivity index (χ4v) is 3.38. The van der Waals surface area contributed by atoms with Crippen LogP contribution >= 0.6 is 23.8 Å². The van der Waals surface area contributed by atoms with Crippen molar-refractivity contribution in [3.05, 3.63) is 79.3 Å². The number of nitrogens with zero attached hydrogens (tertiary/aromatic N) is 2. The third-order valence-electron chi connectivity index (χ3n) is 4.31. The predicted molar refractivity (Wildman–Crippen MR) is 111 cm³/mol. The Bertz CT molecular complexity index is 1240. The van der Waals surface area contributed by atoms with E-state index < -0.39 is 5.56 Å². The summed E-state index contributed by atoms with van der Waals surface area (Å²) in [6.07, 6.45) is 3.29. The van der Waals surface area contributed by atoms with Crippen LogP contribution in [0.4, 0.5) is 5.69 Å². The molecule has 1 aliphatic heterocycles. The quantitative estimate of drug-likeness (QED) is 0.611. The highest BCUT2D eigenvalue weighted by atomic mass is 35.5. The van der Waals surface area contributed by atoms with Gasteiger partial charge in [0.2, 0.25) is 5.88 Å². The SMILES string of the molecule is Cc1ccc2c(c1)N=CC2=Cc1c(O)n(-c2ccc(Cl)cc2)c(=S)[nH]c1=O. The van der Waals surface area contributed by atoms with E-state index >= 15 is 0 Å². The van der Waals surface area contributed by atoms with Gasteiger partial charge in [-0.25, -0.2) is 0 Å². The Morgan fingerprint density at radius 2 is 1.96 bits per heavy atom. The molecule has 0 atom stereocenters. The third-order valence-corrected chi connectivity index (χ3v) is 4.85. The van der Waals surface area contributed by atoms with E-state index in [0.29, 0.717) is 10.7 Å². The molecular weight excluding hydrogens is 382 g/mol. The topological polar surface area (TPSA) is 70.4 Å². The molecule has 0 radical (unpaired) electrons. The van der Waals surface area contributed by atoms with Crippen molar-refractivity contribution in [2.75, 3.05) is 0 Å². The van der Waals surface area contributed by atoms with Crippen LogP contribution < -0.4 is 5.56 Å². The molecule has 1 aromatic heterocycles. The normalized spacial score (nSPS) is 13.9. The van der Waals surface area contributed by atoms with Crippen LogP contribution in [0.1, 0.15) is 16.7 Å². The van der Waals surface area contributed by atoms with Gasteiger partial charge in [0, 0.05) is 22.4 Å². The highest BCUT2D eigenvalue weighted by Crippen LogP contribution is 2.34. The van der Waals surface area contributed by atoms with E-state index in [-0.39, 0.29) is 16.2 Å².